The van der Waals surface area contributed by atoms with Crippen LogP contribution in [0.5, 0.6) is 0 Å². The van der Waals surface area contributed by atoms with Gasteiger partial charge in [0.1, 0.15) is 12.8 Å². The molecule has 0 aromatic heterocycles. The summed E-state index contributed by atoms with van der Waals surface area (Å²) in [5.41, 5.74) is 7.25. The Labute approximate surface area is 313 Å². The second kappa shape index (κ2) is 16.9. The van der Waals surface area contributed by atoms with E-state index >= 15 is 0 Å². The number of hydrogen-bond acceptors (Lipinski definition) is 7. The quantitative estimate of drug-likeness (QED) is 0.0733. The molecule has 0 radical (unpaired) electrons. The van der Waals surface area contributed by atoms with Crippen LogP contribution in [0, 0.1) is 0 Å². The molecule has 3 aromatic carbocycles. The summed E-state index contributed by atoms with van der Waals surface area (Å²) >= 11 is 0. The zero-order chi connectivity index (χ0) is 38.2. The maximum absolute atomic E-state index is 12.5. The SMILES string of the molecule is CC1(C)C(/C=C/C=C2\N(CCCCCC(=O)NCCNC(=O)c3ccc(C=O)cc3)c3ccccc3C2(C)C)=[N+](CCCS(=O)(=O)[O-])c2ccccc21. The van der Waals surface area contributed by atoms with Crippen LogP contribution in [0.4, 0.5) is 11.4 Å². The van der Waals surface area contributed by atoms with Gasteiger partial charge >= 0.3 is 0 Å². The summed E-state index contributed by atoms with van der Waals surface area (Å²) in [5, 5.41) is 5.66. The molecule has 0 atom stereocenters. The number of nitrogens with zero attached hydrogens (tertiary/aromatic N) is 2. The number of nitrogens with one attached hydrogen (secondary N) is 2. The molecule has 0 fully saturated rings. The number of unbranched alkanes of at least 4 members (excludes halogenated alkanes) is 2. The lowest BCUT2D eigenvalue weighted by molar-refractivity contribution is -0.437. The molecule has 2 heterocycles. The van der Waals surface area contributed by atoms with Crippen molar-refractivity contribution in [3.8, 4) is 0 Å². The molecule has 280 valence electrons. The third kappa shape index (κ3) is 9.39. The molecule has 0 bridgehead atoms. The number of fused-ring (bicyclic) bond motifs is 2. The van der Waals surface area contributed by atoms with E-state index in [9.17, 15) is 27.4 Å². The van der Waals surface area contributed by atoms with Gasteiger partial charge in [-0.2, -0.15) is 4.58 Å². The third-order valence-electron chi connectivity index (χ3n) is 10.2. The van der Waals surface area contributed by atoms with E-state index in [1.807, 2.05) is 18.2 Å². The Morgan fingerprint density at radius 2 is 1.51 bits per heavy atom. The summed E-state index contributed by atoms with van der Waals surface area (Å²) in [7, 11) is -4.30. The summed E-state index contributed by atoms with van der Waals surface area (Å²) in [4.78, 5) is 38.0. The van der Waals surface area contributed by atoms with Gasteiger partial charge in [0, 0.05) is 83.9 Å². The van der Waals surface area contributed by atoms with Crippen LogP contribution in [0.3, 0.4) is 0 Å². The Kier molecular flexibility index (Phi) is 12.5. The standard InChI is InChI=1S/C42H50N4O6S/c1-41(2)33-14-7-9-16-35(33)45(27-11-5-6-20-39(48)43-25-26-44-40(49)32-23-21-31(30-47)22-24-32)37(41)18-12-19-38-42(3,4)34-15-8-10-17-36(34)46(38)28-13-29-53(50,51)52/h7-10,12,14-19,21-24,30H,5-6,11,13,20,25-29H2,1-4H3,(H2-,43,44,48,49,50,51,52). The summed E-state index contributed by atoms with van der Waals surface area (Å²) in [5.74, 6) is -0.709. The normalized spacial score (nSPS) is 16.5. The first-order chi connectivity index (χ1) is 25.2. The van der Waals surface area contributed by atoms with Crippen LogP contribution in [0.1, 0.15) is 91.6 Å². The molecule has 53 heavy (non-hydrogen) atoms. The van der Waals surface area contributed by atoms with Gasteiger partial charge in [-0.1, -0.05) is 74.9 Å². The van der Waals surface area contributed by atoms with Crippen molar-refractivity contribution in [3.63, 3.8) is 0 Å². The van der Waals surface area contributed by atoms with Gasteiger partial charge in [-0.05, 0) is 56.5 Å². The second-order valence-electron chi connectivity index (χ2n) is 14.7. The number of carbonyl (C=O) groups excluding carboxylic acids is 3. The molecule has 5 rings (SSSR count). The van der Waals surface area contributed by atoms with E-state index in [-0.39, 0.29) is 29.1 Å². The monoisotopic (exact) mass is 738 g/mol. The number of carbonyl (C=O) groups is 3. The van der Waals surface area contributed by atoms with E-state index < -0.39 is 15.9 Å². The number of rotatable bonds is 17. The maximum Gasteiger partial charge on any atom is 0.251 e. The van der Waals surface area contributed by atoms with Gasteiger partial charge in [0.15, 0.2) is 5.71 Å². The molecule has 10 nitrogen and oxygen atoms in total. The van der Waals surface area contributed by atoms with Gasteiger partial charge in [-0.25, -0.2) is 8.42 Å². The van der Waals surface area contributed by atoms with Crippen molar-refractivity contribution >= 4 is 45.3 Å². The van der Waals surface area contributed by atoms with Gasteiger partial charge in [-0.15, -0.1) is 0 Å². The van der Waals surface area contributed by atoms with Gasteiger partial charge < -0.3 is 20.1 Å². The van der Waals surface area contributed by atoms with Gasteiger partial charge in [0.2, 0.25) is 11.6 Å². The highest BCUT2D eigenvalue weighted by Crippen LogP contribution is 2.48. The van der Waals surface area contributed by atoms with Crippen LogP contribution in [0.25, 0.3) is 0 Å². The summed E-state index contributed by atoms with van der Waals surface area (Å²) < 4.78 is 36.3. The molecular formula is C42H50N4O6S. The summed E-state index contributed by atoms with van der Waals surface area (Å²) in [6.07, 6.45) is 10.3. The second-order valence-corrected chi connectivity index (χ2v) is 16.2. The Morgan fingerprint density at radius 3 is 2.23 bits per heavy atom. The number of hydrogen-bond donors (Lipinski definition) is 2. The van der Waals surface area contributed by atoms with Crippen molar-refractivity contribution in [1.29, 1.82) is 0 Å². The Morgan fingerprint density at radius 1 is 0.830 bits per heavy atom. The molecular weight excluding hydrogens is 689 g/mol. The summed E-state index contributed by atoms with van der Waals surface area (Å²) in [6, 6.07) is 23.0. The van der Waals surface area contributed by atoms with Gasteiger partial charge in [0.05, 0.1) is 15.5 Å². The lowest BCUT2D eigenvalue weighted by Crippen LogP contribution is -2.34. The number of benzene rings is 3. The van der Waals surface area contributed by atoms with E-state index in [0.29, 0.717) is 37.2 Å². The molecule has 0 unspecified atom stereocenters. The fourth-order valence-corrected chi connectivity index (χ4v) is 7.89. The van der Waals surface area contributed by atoms with E-state index in [2.05, 4.69) is 96.4 Å². The molecule has 11 heteroatoms. The van der Waals surface area contributed by atoms with Crippen molar-refractivity contribution in [1.82, 2.24) is 10.6 Å². The van der Waals surface area contributed by atoms with Crippen LogP contribution in [-0.2, 0) is 25.7 Å². The minimum absolute atomic E-state index is 0.0499. The summed E-state index contributed by atoms with van der Waals surface area (Å²) in [6.45, 7) is 10.7. The average molecular weight is 739 g/mol. The largest absolute Gasteiger partial charge is 0.748 e. The van der Waals surface area contributed by atoms with Crippen LogP contribution in [0.15, 0.2) is 96.7 Å². The van der Waals surface area contributed by atoms with Gasteiger partial charge in [0.25, 0.3) is 5.91 Å². The van der Waals surface area contributed by atoms with Crippen LogP contribution < -0.4 is 15.5 Å². The number of amides is 2. The highest BCUT2D eigenvalue weighted by atomic mass is 32.2. The molecule has 0 aliphatic carbocycles. The number of allylic oxidation sites excluding steroid dienone is 4. The molecule has 2 aliphatic heterocycles. The van der Waals surface area contributed by atoms with Gasteiger partial charge in [-0.3, -0.25) is 14.4 Å². The lowest BCUT2D eigenvalue weighted by Gasteiger charge is -2.27. The predicted molar refractivity (Wildman–Crippen MR) is 208 cm³/mol. The predicted octanol–water partition coefficient (Wildman–Crippen LogP) is 6.16. The lowest BCUT2D eigenvalue weighted by atomic mass is 9.81. The highest BCUT2D eigenvalue weighted by molar-refractivity contribution is 7.85. The zero-order valence-electron chi connectivity index (χ0n) is 31.1. The molecule has 2 amide bonds. The first-order valence-electron chi connectivity index (χ1n) is 18.3. The van der Waals surface area contributed by atoms with Crippen LogP contribution in [-0.4, -0.2) is 73.3 Å². The van der Waals surface area contributed by atoms with Crippen molar-refractivity contribution in [3.05, 3.63) is 119 Å². The number of aldehydes is 1. The first-order valence-corrected chi connectivity index (χ1v) is 19.9. The van der Waals surface area contributed by atoms with E-state index in [1.54, 1.807) is 24.3 Å². The van der Waals surface area contributed by atoms with Crippen LogP contribution >= 0.6 is 0 Å². The average Bonchev–Trinajstić information content (AvgIpc) is 3.48. The Balaban J connectivity index is 1.19. The van der Waals surface area contributed by atoms with Crippen molar-refractivity contribution < 1.29 is 31.9 Å². The maximum atomic E-state index is 12.5. The smallest absolute Gasteiger partial charge is 0.251 e. The van der Waals surface area contributed by atoms with Crippen molar-refractivity contribution in [2.24, 2.45) is 0 Å². The molecule has 0 spiro atoms. The Bertz CT molecular complexity index is 2030. The Hall–Kier alpha value is -4.87. The molecule has 2 N–H and O–H groups in total. The molecule has 0 saturated heterocycles. The fourth-order valence-electron chi connectivity index (χ4n) is 7.41. The minimum atomic E-state index is -4.30. The topological polar surface area (TPSA) is 139 Å². The highest BCUT2D eigenvalue weighted by Gasteiger charge is 2.44. The van der Waals surface area contributed by atoms with E-state index in [4.69, 9.17) is 0 Å². The number of anilines is 1. The van der Waals surface area contributed by atoms with E-state index in [1.165, 1.54) is 16.9 Å². The molecule has 2 aliphatic rings. The van der Waals surface area contributed by atoms with Crippen molar-refractivity contribution in [2.45, 2.75) is 70.6 Å². The first kappa shape index (κ1) is 39.3. The minimum Gasteiger partial charge on any atom is -0.748 e. The third-order valence-corrected chi connectivity index (χ3v) is 11.0. The fraction of sp³-hybridized carbons (Fsp3) is 0.381. The van der Waals surface area contributed by atoms with E-state index in [0.717, 1.165) is 49.1 Å². The van der Waals surface area contributed by atoms with Crippen molar-refractivity contribution in [2.75, 3.05) is 36.8 Å². The molecule has 3 aromatic rings. The number of para-hydroxylation sites is 2. The van der Waals surface area contributed by atoms with Crippen LogP contribution in [0.2, 0.25) is 0 Å². The zero-order valence-corrected chi connectivity index (χ0v) is 31.9. The molecule has 0 saturated carbocycles.